The molecule has 2 heterocycles. The highest BCUT2D eigenvalue weighted by atomic mass is 32.2. The van der Waals surface area contributed by atoms with E-state index in [0.29, 0.717) is 11.3 Å². The molecular weight excluding hydrogens is 339 g/mol. The molecule has 0 unspecified atom stereocenters. The fourth-order valence-corrected chi connectivity index (χ4v) is 4.48. The van der Waals surface area contributed by atoms with Crippen LogP contribution in [-0.2, 0) is 5.75 Å². The Bertz CT molecular complexity index is 983. The highest BCUT2D eigenvalue weighted by Gasteiger charge is 2.11. The molecule has 0 aliphatic carbocycles. The normalized spacial score (nSPS) is 11.0. The summed E-state index contributed by atoms with van der Waals surface area (Å²) in [5.41, 5.74) is 1.86. The van der Waals surface area contributed by atoms with Gasteiger partial charge in [0.1, 0.15) is 22.0 Å². The van der Waals surface area contributed by atoms with Crippen molar-refractivity contribution in [1.82, 2.24) is 9.97 Å². The molecular formula is C19H13FN2S2. The number of fused-ring (bicyclic) bond motifs is 1. The van der Waals surface area contributed by atoms with Crippen molar-refractivity contribution >= 4 is 33.3 Å². The summed E-state index contributed by atoms with van der Waals surface area (Å²) < 4.78 is 13.8. The van der Waals surface area contributed by atoms with Crippen LogP contribution in [0.4, 0.5) is 4.39 Å². The number of halogens is 1. The van der Waals surface area contributed by atoms with E-state index < -0.39 is 0 Å². The van der Waals surface area contributed by atoms with Gasteiger partial charge in [0.25, 0.3) is 0 Å². The van der Waals surface area contributed by atoms with Crippen LogP contribution in [0, 0.1) is 5.82 Å². The first-order chi connectivity index (χ1) is 11.8. The fourth-order valence-electron chi connectivity index (χ4n) is 2.46. The minimum Gasteiger partial charge on any atom is -0.229 e. The van der Waals surface area contributed by atoms with Gasteiger partial charge >= 0.3 is 0 Å². The van der Waals surface area contributed by atoms with Gasteiger partial charge < -0.3 is 0 Å². The number of benzene rings is 2. The number of thiophene rings is 1. The van der Waals surface area contributed by atoms with E-state index in [1.54, 1.807) is 35.5 Å². The summed E-state index contributed by atoms with van der Waals surface area (Å²) in [5, 5.41) is 1.92. The van der Waals surface area contributed by atoms with Crippen LogP contribution in [0.15, 0.2) is 72.0 Å². The number of hydrogen-bond donors (Lipinski definition) is 0. The summed E-state index contributed by atoms with van der Waals surface area (Å²) >= 11 is 3.19. The van der Waals surface area contributed by atoms with Gasteiger partial charge in [-0.1, -0.05) is 48.5 Å². The SMILES string of the molecule is Fc1ccccc1CSc1ncnc2sc(-c3ccccc3)cc12. The monoisotopic (exact) mass is 352 g/mol. The van der Waals surface area contributed by atoms with Crippen molar-refractivity contribution in [3.63, 3.8) is 0 Å². The van der Waals surface area contributed by atoms with Crippen LogP contribution < -0.4 is 0 Å². The first-order valence-electron chi connectivity index (χ1n) is 7.47. The Labute approximate surface area is 147 Å². The van der Waals surface area contributed by atoms with Crippen molar-refractivity contribution in [2.45, 2.75) is 10.8 Å². The highest BCUT2D eigenvalue weighted by molar-refractivity contribution is 7.98. The van der Waals surface area contributed by atoms with Gasteiger partial charge in [0, 0.05) is 16.0 Å². The molecule has 0 N–H and O–H groups in total. The van der Waals surface area contributed by atoms with Crippen LogP contribution in [0.2, 0.25) is 0 Å². The van der Waals surface area contributed by atoms with E-state index in [2.05, 4.69) is 28.2 Å². The third-order valence-electron chi connectivity index (χ3n) is 3.67. The largest absolute Gasteiger partial charge is 0.229 e. The quantitative estimate of drug-likeness (QED) is 0.343. The average molecular weight is 352 g/mol. The number of aromatic nitrogens is 2. The molecule has 2 aromatic heterocycles. The Balaban J connectivity index is 1.66. The van der Waals surface area contributed by atoms with Crippen LogP contribution in [0.25, 0.3) is 20.7 Å². The molecule has 4 aromatic rings. The van der Waals surface area contributed by atoms with Crippen LogP contribution in [0.1, 0.15) is 5.56 Å². The van der Waals surface area contributed by atoms with Gasteiger partial charge in [0.05, 0.1) is 0 Å². The maximum atomic E-state index is 13.8. The van der Waals surface area contributed by atoms with E-state index in [1.165, 1.54) is 16.5 Å². The standard InChI is InChI=1S/C19H13FN2S2/c20-16-9-5-4-8-14(16)11-23-18-15-10-17(13-6-2-1-3-7-13)24-19(15)22-12-21-18/h1-10,12H,11H2. The molecule has 2 nitrogen and oxygen atoms in total. The summed E-state index contributed by atoms with van der Waals surface area (Å²) in [6, 6.07) is 19.2. The Morgan fingerprint density at radius 3 is 2.58 bits per heavy atom. The van der Waals surface area contributed by atoms with Gasteiger partial charge in [-0.05, 0) is 23.3 Å². The zero-order valence-electron chi connectivity index (χ0n) is 12.6. The minimum atomic E-state index is -0.175. The third kappa shape index (κ3) is 3.05. The second-order valence-electron chi connectivity index (χ2n) is 5.25. The molecule has 4 rings (SSSR count). The predicted octanol–water partition coefficient (Wildman–Crippen LogP) is 5.79. The molecule has 2 aromatic carbocycles. The van der Waals surface area contributed by atoms with Crippen molar-refractivity contribution in [1.29, 1.82) is 0 Å². The topological polar surface area (TPSA) is 25.8 Å². The highest BCUT2D eigenvalue weighted by Crippen LogP contribution is 2.36. The minimum absolute atomic E-state index is 0.175. The van der Waals surface area contributed by atoms with Crippen LogP contribution in [0.3, 0.4) is 0 Å². The molecule has 0 fully saturated rings. The molecule has 0 spiro atoms. The zero-order chi connectivity index (χ0) is 16.4. The molecule has 0 bridgehead atoms. The van der Waals surface area contributed by atoms with E-state index in [9.17, 15) is 4.39 Å². The molecule has 118 valence electrons. The van der Waals surface area contributed by atoms with Crippen LogP contribution in [0.5, 0.6) is 0 Å². The van der Waals surface area contributed by atoms with Gasteiger partial charge in [-0.2, -0.15) is 0 Å². The lowest BCUT2D eigenvalue weighted by Gasteiger charge is -2.03. The maximum absolute atomic E-state index is 13.8. The first-order valence-corrected chi connectivity index (χ1v) is 9.27. The summed E-state index contributed by atoms with van der Waals surface area (Å²) in [6.07, 6.45) is 1.58. The Hall–Kier alpha value is -2.24. The van der Waals surface area contributed by atoms with E-state index in [-0.39, 0.29) is 5.82 Å². The van der Waals surface area contributed by atoms with Gasteiger partial charge in [-0.25, -0.2) is 14.4 Å². The molecule has 0 amide bonds. The molecule has 0 aliphatic heterocycles. The lowest BCUT2D eigenvalue weighted by atomic mass is 10.2. The van der Waals surface area contributed by atoms with Crippen LogP contribution >= 0.6 is 23.1 Å². The molecule has 24 heavy (non-hydrogen) atoms. The van der Waals surface area contributed by atoms with E-state index in [4.69, 9.17) is 0 Å². The average Bonchev–Trinajstić information content (AvgIpc) is 3.07. The van der Waals surface area contributed by atoms with Gasteiger partial charge in [-0.3, -0.25) is 0 Å². The van der Waals surface area contributed by atoms with Crippen LogP contribution in [-0.4, -0.2) is 9.97 Å². The van der Waals surface area contributed by atoms with Crippen molar-refractivity contribution in [2.75, 3.05) is 0 Å². The zero-order valence-corrected chi connectivity index (χ0v) is 14.3. The Morgan fingerprint density at radius 1 is 0.958 bits per heavy atom. The lowest BCUT2D eigenvalue weighted by molar-refractivity contribution is 0.617. The Morgan fingerprint density at radius 2 is 1.75 bits per heavy atom. The smallest absolute Gasteiger partial charge is 0.128 e. The molecule has 0 saturated carbocycles. The van der Waals surface area contributed by atoms with Crippen molar-refractivity contribution in [3.8, 4) is 10.4 Å². The van der Waals surface area contributed by atoms with Crippen molar-refractivity contribution in [2.24, 2.45) is 0 Å². The number of hydrogen-bond acceptors (Lipinski definition) is 4. The second-order valence-corrected chi connectivity index (χ2v) is 7.25. The van der Waals surface area contributed by atoms with E-state index >= 15 is 0 Å². The molecule has 5 heteroatoms. The van der Waals surface area contributed by atoms with Gasteiger partial charge in [0.2, 0.25) is 0 Å². The summed E-state index contributed by atoms with van der Waals surface area (Å²) in [7, 11) is 0. The summed E-state index contributed by atoms with van der Waals surface area (Å²) in [4.78, 5) is 10.9. The van der Waals surface area contributed by atoms with Crippen molar-refractivity contribution < 1.29 is 4.39 Å². The fraction of sp³-hybridized carbons (Fsp3) is 0.0526. The number of thioether (sulfide) groups is 1. The number of rotatable bonds is 4. The van der Waals surface area contributed by atoms with Gasteiger partial charge in [-0.15, -0.1) is 23.1 Å². The van der Waals surface area contributed by atoms with Crippen molar-refractivity contribution in [3.05, 3.63) is 78.4 Å². The Kier molecular flexibility index (Phi) is 4.28. The summed E-state index contributed by atoms with van der Waals surface area (Å²) in [5.74, 6) is 0.376. The predicted molar refractivity (Wildman–Crippen MR) is 98.8 cm³/mol. The molecule has 0 aliphatic rings. The van der Waals surface area contributed by atoms with E-state index in [1.807, 2.05) is 30.3 Å². The first kappa shape index (κ1) is 15.3. The third-order valence-corrected chi connectivity index (χ3v) is 5.82. The summed E-state index contributed by atoms with van der Waals surface area (Å²) in [6.45, 7) is 0. The second kappa shape index (κ2) is 6.71. The molecule has 0 atom stereocenters. The van der Waals surface area contributed by atoms with E-state index in [0.717, 1.165) is 15.2 Å². The molecule has 0 saturated heterocycles. The molecule has 0 radical (unpaired) electrons. The van der Waals surface area contributed by atoms with Gasteiger partial charge in [0.15, 0.2) is 0 Å². The maximum Gasteiger partial charge on any atom is 0.128 e. The number of nitrogens with zero attached hydrogens (tertiary/aromatic N) is 2. The lowest BCUT2D eigenvalue weighted by Crippen LogP contribution is -1.88.